The van der Waals surface area contributed by atoms with Gasteiger partial charge in [-0.05, 0) is 34.9 Å². The molecule has 0 spiro atoms. The van der Waals surface area contributed by atoms with Crippen LogP contribution in [-0.4, -0.2) is 44.4 Å². The van der Waals surface area contributed by atoms with Crippen LogP contribution in [0.15, 0.2) is 60.7 Å². The van der Waals surface area contributed by atoms with Crippen LogP contribution in [0.2, 0.25) is 0 Å². The first-order valence-corrected chi connectivity index (χ1v) is 10.4. The summed E-state index contributed by atoms with van der Waals surface area (Å²) in [5.74, 6) is 1.48. The number of phenols is 1. The van der Waals surface area contributed by atoms with E-state index in [4.69, 9.17) is 9.47 Å². The second-order valence-electron chi connectivity index (χ2n) is 8.56. The average molecular weight is 405 g/mol. The lowest BCUT2D eigenvalue weighted by Crippen LogP contribution is -2.45. The number of rotatable bonds is 3. The van der Waals surface area contributed by atoms with E-state index in [1.165, 1.54) is 11.1 Å². The lowest BCUT2D eigenvalue weighted by Gasteiger charge is -2.38. The van der Waals surface area contributed by atoms with E-state index in [1.807, 2.05) is 18.2 Å². The van der Waals surface area contributed by atoms with Gasteiger partial charge in [-0.2, -0.15) is 0 Å². The maximum atomic E-state index is 11.2. The Kier molecular flexibility index (Phi) is 5.44. The molecule has 0 amide bonds. The Labute approximate surface area is 178 Å². The lowest BCUT2D eigenvalue weighted by atomic mass is 9.89. The van der Waals surface area contributed by atoms with Crippen molar-refractivity contribution in [3.63, 3.8) is 0 Å². The minimum absolute atomic E-state index is 0.198. The molecule has 1 atom stereocenters. The van der Waals surface area contributed by atoms with Gasteiger partial charge in [0, 0.05) is 24.0 Å². The van der Waals surface area contributed by atoms with Gasteiger partial charge in [-0.15, -0.1) is 0 Å². The van der Waals surface area contributed by atoms with E-state index in [1.54, 1.807) is 14.2 Å². The van der Waals surface area contributed by atoms with Crippen LogP contribution < -0.4 is 9.47 Å². The Morgan fingerprint density at radius 2 is 1.63 bits per heavy atom. The van der Waals surface area contributed by atoms with Gasteiger partial charge in [0.15, 0.2) is 11.5 Å². The Morgan fingerprint density at radius 3 is 2.33 bits per heavy atom. The van der Waals surface area contributed by atoms with E-state index < -0.39 is 0 Å². The third-order valence-electron chi connectivity index (χ3n) is 6.43. The molecule has 0 saturated heterocycles. The van der Waals surface area contributed by atoms with Gasteiger partial charge < -0.3 is 19.1 Å². The molecule has 4 heteroatoms. The number of nitrogens with zero attached hydrogens (tertiary/aromatic N) is 1. The molecule has 1 aliphatic rings. The van der Waals surface area contributed by atoms with E-state index in [2.05, 4.69) is 56.6 Å². The molecule has 4 rings (SSSR count). The molecule has 0 aliphatic carbocycles. The molecule has 1 aliphatic heterocycles. The van der Waals surface area contributed by atoms with Crippen molar-refractivity contribution in [3.05, 3.63) is 77.4 Å². The molecule has 3 aromatic carbocycles. The Balaban J connectivity index is 1.97. The number of ether oxygens (including phenoxy) is 2. The van der Waals surface area contributed by atoms with E-state index in [9.17, 15) is 5.11 Å². The SMILES string of the molecule is COc1ccc2c(c1)-c1c(ccc(OC)c1O)C[C@H](c1ccccc1)[N+](C)(C)CC2. The summed E-state index contributed by atoms with van der Waals surface area (Å²) < 4.78 is 11.8. The van der Waals surface area contributed by atoms with Gasteiger partial charge in [0.05, 0.1) is 34.9 Å². The van der Waals surface area contributed by atoms with Gasteiger partial charge in [-0.25, -0.2) is 0 Å². The minimum atomic E-state index is 0.198. The van der Waals surface area contributed by atoms with E-state index in [0.717, 1.165) is 46.3 Å². The predicted molar refractivity (Wildman–Crippen MR) is 120 cm³/mol. The number of aromatic hydroxyl groups is 1. The first kappa shape index (κ1) is 20.3. The highest BCUT2D eigenvalue weighted by atomic mass is 16.5. The number of benzene rings is 3. The molecule has 0 saturated carbocycles. The summed E-state index contributed by atoms with van der Waals surface area (Å²) in [5, 5.41) is 11.2. The van der Waals surface area contributed by atoms with Gasteiger partial charge in [0.25, 0.3) is 0 Å². The molecule has 3 aromatic rings. The molecule has 0 fully saturated rings. The van der Waals surface area contributed by atoms with E-state index in [-0.39, 0.29) is 11.8 Å². The second-order valence-corrected chi connectivity index (χ2v) is 8.56. The number of hydrogen-bond acceptors (Lipinski definition) is 3. The van der Waals surface area contributed by atoms with Gasteiger partial charge >= 0.3 is 0 Å². The quantitative estimate of drug-likeness (QED) is 0.625. The maximum Gasteiger partial charge on any atom is 0.165 e. The van der Waals surface area contributed by atoms with Crippen molar-refractivity contribution in [3.8, 4) is 28.4 Å². The molecule has 0 unspecified atom stereocenters. The van der Waals surface area contributed by atoms with Crippen molar-refractivity contribution < 1.29 is 19.1 Å². The summed E-state index contributed by atoms with van der Waals surface area (Å²) in [6.45, 7) is 0.991. The minimum Gasteiger partial charge on any atom is -0.504 e. The van der Waals surface area contributed by atoms with Gasteiger partial charge in [0.1, 0.15) is 11.8 Å². The molecular weight excluding hydrogens is 374 g/mol. The molecular formula is C26H30NO3+. The van der Waals surface area contributed by atoms with Crippen LogP contribution in [0.5, 0.6) is 17.2 Å². The molecule has 156 valence electrons. The number of quaternary nitrogens is 1. The normalized spacial score (nSPS) is 17.7. The molecule has 1 heterocycles. The molecule has 0 aromatic heterocycles. The number of fused-ring (bicyclic) bond motifs is 3. The highest BCUT2D eigenvalue weighted by Gasteiger charge is 2.33. The summed E-state index contributed by atoms with van der Waals surface area (Å²) in [7, 11) is 7.87. The molecule has 1 N–H and O–H groups in total. The number of methoxy groups -OCH3 is 2. The zero-order valence-corrected chi connectivity index (χ0v) is 18.2. The fraction of sp³-hybridized carbons (Fsp3) is 0.308. The maximum absolute atomic E-state index is 11.2. The Bertz CT molecular complexity index is 1040. The zero-order valence-electron chi connectivity index (χ0n) is 18.2. The van der Waals surface area contributed by atoms with Crippen LogP contribution in [0.1, 0.15) is 22.7 Å². The Hall–Kier alpha value is -2.98. The highest BCUT2D eigenvalue weighted by molar-refractivity contribution is 5.80. The van der Waals surface area contributed by atoms with Crippen molar-refractivity contribution in [2.75, 3.05) is 34.9 Å². The number of hydrogen-bond donors (Lipinski definition) is 1. The summed E-state index contributed by atoms with van der Waals surface area (Å²) in [4.78, 5) is 0. The summed E-state index contributed by atoms with van der Waals surface area (Å²) in [6, 6.07) is 21.1. The summed E-state index contributed by atoms with van der Waals surface area (Å²) >= 11 is 0. The monoisotopic (exact) mass is 404 g/mol. The molecule has 0 bridgehead atoms. The van der Waals surface area contributed by atoms with Crippen LogP contribution in [0.4, 0.5) is 0 Å². The topological polar surface area (TPSA) is 38.7 Å². The van der Waals surface area contributed by atoms with Crippen molar-refractivity contribution in [1.82, 2.24) is 0 Å². The predicted octanol–water partition coefficient (Wildman–Crippen LogP) is 4.99. The Morgan fingerprint density at radius 1 is 0.900 bits per heavy atom. The van der Waals surface area contributed by atoms with E-state index in [0.29, 0.717) is 5.75 Å². The van der Waals surface area contributed by atoms with Crippen molar-refractivity contribution in [1.29, 1.82) is 0 Å². The molecule has 0 radical (unpaired) electrons. The summed E-state index contributed by atoms with van der Waals surface area (Å²) in [6.07, 6.45) is 1.73. The van der Waals surface area contributed by atoms with Crippen LogP contribution >= 0.6 is 0 Å². The summed E-state index contributed by atoms with van der Waals surface area (Å²) in [5.41, 5.74) is 5.51. The van der Waals surface area contributed by atoms with Gasteiger partial charge in [0.2, 0.25) is 0 Å². The molecule has 4 nitrogen and oxygen atoms in total. The molecule has 30 heavy (non-hydrogen) atoms. The highest BCUT2D eigenvalue weighted by Crippen LogP contribution is 2.45. The fourth-order valence-electron chi connectivity index (χ4n) is 4.60. The third-order valence-corrected chi connectivity index (χ3v) is 6.43. The van der Waals surface area contributed by atoms with Crippen LogP contribution in [0, 0.1) is 0 Å². The first-order chi connectivity index (χ1) is 14.4. The van der Waals surface area contributed by atoms with Crippen LogP contribution in [0.25, 0.3) is 11.1 Å². The largest absolute Gasteiger partial charge is 0.504 e. The van der Waals surface area contributed by atoms with Crippen molar-refractivity contribution in [2.24, 2.45) is 0 Å². The van der Waals surface area contributed by atoms with Gasteiger partial charge in [-0.1, -0.05) is 42.5 Å². The number of likely N-dealkylation sites (N-methyl/N-ethyl adjacent to an activating group) is 1. The van der Waals surface area contributed by atoms with Gasteiger partial charge in [-0.3, -0.25) is 0 Å². The lowest BCUT2D eigenvalue weighted by molar-refractivity contribution is -0.920. The van der Waals surface area contributed by atoms with Crippen LogP contribution in [-0.2, 0) is 12.8 Å². The van der Waals surface area contributed by atoms with Crippen molar-refractivity contribution in [2.45, 2.75) is 18.9 Å². The third kappa shape index (κ3) is 3.63. The first-order valence-electron chi connectivity index (χ1n) is 10.4. The van der Waals surface area contributed by atoms with E-state index >= 15 is 0 Å². The van der Waals surface area contributed by atoms with Crippen LogP contribution in [0.3, 0.4) is 0 Å². The zero-order chi connectivity index (χ0) is 21.3. The number of phenolic OH excluding ortho intramolecular Hbond substituents is 1. The standard InChI is InChI=1S/C26H29NO3/c1-27(2)15-14-18-10-12-21(29-3)17-22(18)25-20(11-13-24(30-4)26(25)28)16-23(27)19-8-6-5-7-9-19/h5-13,17,23H,14-16H2,1-4H3/p+1/t23-/m1/s1. The van der Waals surface area contributed by atoms with Crippen molar-refractivity contribution >= 4 is 0 Å². The second kappa shape index (κ2) is 8.04. The average Bonchev–Trinajstić information content (AvgIpc) is 2.80. The fourth-order valence-corrected chi connectivity index (χ4v) is 4.60. The smallest absolute Gasteiger partial charge is 0.165 e.